The number of hydrazone groups is 1. The van der Waals surface area contributed by atoms with Crippen molar-refractivity contribution in [3.63, 3.8) is 0 Å². The van der Waals surface area contributed by atoms with Gasteiger partial charge >= 0.3 is 5.97 Å². The summed E-state index contributed by atoms with van der Waals surface area (Å²) in [5.74, 6) is -10.9. The Kier molecular flexibility index (Phi) is 16.1. The molecule has 0 aromatic heterocycles. The summed E-state index contributed by atoms with van der Waals surface area (Å²) in [7, 11) is 1.19. The van der Waals surface area contributed by atoms with Crippen LogP contribution in [-0.2, 0) is 47.8 Å². The van der Waals surface area contributed by atoms with Crippen molar-refractivity contribution in [2.45, 2.75) is 147 Å². The maximum Gasteiger partial charge on any atom is 0.331 e. The highest BCUT2D eigenvalue weighted by Gasteiger charge is 2.57. The maximum atomic E-state index is 14.8. The second-order valence-electron chi connectivity index (χ2n) is 16.8. The van der Waals surface area contributed by atoms with Gasteiger partial charge in [0.1, 0.15) is 24.2 Å². The zero-order chi connectivity index (χ0) is 44.9. The van der Waals surface area contributed by atoms with E-state index in [0.29, 0.717) is 12.3 Å². The van der Waals surface area contributed by atoms with Gasteiger partial charge < -0.3 is 35.1 Å². The Morgan fingerprint density at radius 3 is 2.32 bits per heavy atom. The molecule has 0 bridgehead atoms. The summed E-state index contributed by atoms with van der Waals surface area (Å²) in [6.45, 7) is 9.73. The number of aliphatic hydroxyl groups is 2. The number of cyclic esters (lactones) is 1. The molecule has 0 aromatic rings. The second kappa shape index (κ2) is 20.0. The van der Waals surface area contributed by atoms with Crippen LogP contribution >= 0.6 is 0 Å². The van der Waals surface area contributed by atoms with Crippen molar-refractivity contribution in [1.29, 1.82) is 0 Å². The average molecular weight is 855 g/mol. The van der Waals surface area contributed by atoms with E-state index >= 15 is 0 Å². The predicted octanol–water partition coefficient (Wildman–Crippen LogP) is -1.22. The van der Waals surface area contributed by atoms with Crippen LogP contribution in [0.3, 0.4) is 0 Å². The van der Waals surface area contributed by atoms with Crippen LogP contribution in [0.4, 0.5) is 0 Å². The molecule has 22 heteroatoms. The first kappa shape index (κ1) is 48.3. The minimum Gasteiger partial charge on any atom is -0.458 e. The molecule has 6 amide bonds. The van der Waals surface area contributed by atoms with Gasteiger partial charge in [-0.05, 0) is 77.0 Å². The SMILES string of the molecule is COC[C@H]1C(=O)NCC(=O)N2N=CCCC2C(=O)N(O)[C@H](C)C(=O)O[C@@H](C(C)C)[C@H](NC(=O)[C@@](C)(O)[C@]2(O)CC[C@@H](CC(C)C)[C@H](C)O2)C(=O)N2NCCCC2C(=O)N1O. The molecule has 3 fully saturated rings. The highest BCUT2D eigenvalue weighted by Crippen LogP contribution is 2.40. The Morgan fingerprint density at radius 2 is 1.70 bits per heavy atom. The van der Waals surface area contributed by atoms with E-state index in [1.165, 1.54) is 27.2 Å². The summed E-state index contributed by atoms with van der Waals surface area (Å²) in [6.07, 6.45) is 0.467. The molecular formula is C38H62N8O14. The topological polar surface area (TPSA) is 290 Å². The number of esters is 1. The number of methoxy groups -OCH3 is 1. The zero-order valence-corrected chi connectivity index (χ0v) is 35.5. The van der Waals surface area contributed by atoms with Gasteiger partial charge in [0, 0.05) is 26.3 Å². The van der Waals surface area contributed by atoms with E-state index in [9.17, 15) is 54.2 Å². The number of hydrazine groups is 1. The van der Waals surface area contributed by atoms with Crippen molar-refractivity contribution in [2.75, 3.05) is 26.8 Å². The quantitative estimate of drug-likeness (QED) is 0.111. The van der Waals surface area contributed by atoms with Crippen LogP contribution in [0.15, 0.2) is 5.10 Å². The first-order valence-electron chi connectivity index (χ1n) is 20.4. The van der Waals surface area contributed by atoms with Gasteiger partial charge in [-0.3, -0.25) is 44.2 Å². The third-order valence-corrected chi connectivity index (χ3v) is 11.5. The minimum atomic E-state index is -2.72. The van der Waals surface area contributed by atoms with Crippen LogP contribution in [0.25, 0.3) is 0 Å². The molecule has 338 valence electrons. The Labute approximate surface area is 348 Å². The number of hydrogen-bond acceptors (Lipinski definition) is 16. The van der Waals surface area contributed by atoms with Crippen molar-refractivity contribution in [1.82, 2.24) is 36.2 Å². The van der Waals surface area contributed by atoms with Gasteiger partial charge in [0.15, 0.2) is 17.7 Å². The lowest BCUT2D eigenvalue weighted by atomic mass is 9.79. The van der Waals surface area contributed by atoms with Crippen LogP contribution in [0.2, 0.25) is 0 Å². The van der Waals surface area contributed by atoms with Crippen molar-refractivity contribution < 1.29 is 68.4 Å². The summed E-state index contributed by atoms with van der Waals surface area (Å²) in [5.41, 5.74) is 0.0616. The van der Waals surface area contributed by atoms with E-state index in [0.717, 1.165) is 30.3 Å². The Bertz CT molecular complexity index is 1650. The summed E-state index contributed by atoms with van der Waals surface area (Å²) in [6, 6.07) is -8.47. The number of carbonyl (C=O) groups is 7. The third kappa shape index (κ3) is 10.4. The molecule has 4 rings (SSSR count). The number of ether oxygens (including phenoxy) is 3. The van der Waals surface area contributed by atoms with E-state index in [4.69, 9.17) is 14.2 Å². The highest BCUT2D eigenvalue weighted by molar-refractivity contribution is 5.97. The number of nitrogens with one attached hydrogen (secondary N) is 3. The van der Waals surface area contributed by atoms with Crippen LogP contribution < -0.4 is 16.1 Å². The fourth-order valence-electron chi connectivity index (χ4n) is 7.84. The van der Waals surface area contributed by atoms with Crippen molar-refractivity contribution in [3.05, 3.63) is 0 Å². The summed E-state index contributed by atoms with van der Waals surface area (Å²) < 4.78 is 16.8. The van der Waals surface area contributed by atoms with Gasteiger partial charge in [0.25, 0.3) is 29.5 Å². The molecule has 0 radical (unpaired) electrons. The van der Waals surface area contributed by atoms with E-state index < -0.39 is 114 Å². The van der Waals surface area contributed by atoms with Crippen molar-refractivity contribution in [2.24, 2.45) is 22.9 Å². The van der Waals surface area contributed by atoms with Gasteiger partial charge in [-0.25, -0.2) is 25.4 Å². The Balaban J connectivity index is 1.80. The fourth-order valence-corrected chi connectivity index (χ4v) is 7.84. The number of nitrogens with zero attached hydrogens (tertiary/aromatic N) is 5. The monoisotopic (exact) mass is 854 g/mol. The van der Waals surface area contributed by atoms with E-state index in [1.807, 2.05) is 13.8 Å². The smallest absolute Gasteiger partial charge is 0.331 e. The number of hydroxylamine groups is 4. The molecule has 7 N–H and O–H groups in total. The lowest BCUT2D eigenvalue weighted by Crippen LogP contribution is -2.70. The first-order chi connectivity index (χ1) is 28.1. The third-order valence-electron chi connectivity index (χ3n) is 11.5. The summed E-state index contributed by atoms with van der Waals surface area (Å²) >= 11 is 0. The minimum absolute atomic E-state index is 0.0104. The number of fused-ring (bicyclic) bond motifs is 2. The molecule has 0 spiro atoms. The number of amides is 6. The first-order valence-corrected chi connectivity index (χ1v) is 20.4. The predicted molar refractivity (Wildman–Crippen MR) is 207 cm³/mol. The number of rotatable bonds is 8. The second-order valence-corrected chi connectivity index (χ2v) is 16.8. The Morgan fingerprint density at radius 1 is 1.03 bits per heavy atom. The summed E-state index contributed by atoms with van der Waals surface area (Å²) in [5, 5.41) is 56.2. The Hall–Kier alpha value is -4.32. The summed E-state index contributed by atoms with van der Waals surface area (Å²) in [4.78, 5) is 97.4. The lowest BCUT2D eigenvalue weighted by molar-refractivity contribution is -0.326. The van der Waals surface area contributed by atoms with E-state index in [2.05, 4.69) is 21.2 Å². The molecule has 4 aliphatic rings. The number of hydrogen-bond donors (Lipinski definition) is 7. The van der Waals surface area contributed by atoms with Crippen LogP contribution in [-0.4, -0.2) is 169 Å². The molecule has 0 aromatic carbocycles. The lowest BCUT2D eigenvalue weighted by Gasteiger charge is -2.47. The molecule has 60 heavy (non-hydrogen) atoms. The largest absolute Gasteiger partial charge is 0.458 e. The van der Waals surface area contributed by atoms with E-state index in [-0.39, 0.29) is 54.7 Å². The highest BCUT2D eigenvalue weighted by atomic mass is 16.6. The molecule has 2 unspecified atom stereocenters. The van der Waals surface area contributed by atoms with Crippen LogP contribution in [0.5, 0.6) is 0 Å². The van der Waals surface area contributed by atoms with Gasteiger partial charge in [-0.2, -0.15) is 5.10 Å². The average Bonchev–Trinajstić information content (AvgIpc) is 3.21. The molecular weight excluding hydrogens is 792 g/mol. The number of carbonyl (C=O) groups excluding carboxylic acids is 7. The van der Waals surface area contributed by atoms with Gasteiger partial charge in [-0.15, -0.1) is 0 Å². The zero-order valence-electron chi connectivity index (χ0n) is 35.5. The molecule has 22 nitrogen and oxygen atoms in total. The normalized spacial score (nSPS) is 33.0. The van der Waals surface area contributed by atoms with Crippen LogP contribution in [0.1, 0.15) is 93.4 Å². The molecule has 0 aliphatic carbocycles. The fraction of sp³-hybridized carbons (Fsp3) is 0.789. The van der Waals surface area contributed by atoms with Crippen LogP contribution in [0, 0.1) is 17.8 Å². The van der Waals surface area contributed by atoms with Gasteiger partial charge in [0.2, 0.25) is 11.7 Å². The van der Waals surface area contributed by atoms with Crippen molar-refractivity contribution >= 4 is 47.6 Å². The van der Waals surface area contributed by atoms with Crippen molar-refractivity contribution in [3.8, 4) is 0 Å². The van der Waals surface area contributed by atoms with Gasteiger partial charge in [-0.1, -0.05) is 27.7 Å². The molecule has 10 atom stereocenters. The molecule has 4 aliphatic heterocycles. The molecule has 3 saturated heterocycles. The molecule has 0 saturated carbocycles. The van der Waals surface area contributed by atoms with E-state index in [1.54, 1.807) is 6.92 Å². The maximum absolute atomic E-state index is 14.8. The molecule has 4 heterocycles. The van der Waals surface area contributed by atoms with Gasteiger partial charge in [0.05, 0.1) is 19.3 Å². The standard InChI is InChI=1S/C38H62N8O14/c1-20(2)17-24-13-14-38(55,60-23(24)6)37(7,54)36(53)42-29-30(21(3)4)59-35(52)22(5)45(56)32(49)25-11-9-15-40-43(25)28(47)18-39-31(48)27(19-58-8)46(57)33(50)26-12-10-16-41-44(26)34(29)51/h15,20-27,29-30,41,54-57H,9-14,16-19H2,1-8H3,(H,39,48)(H,42,53)/t22-,23+,24+,25?,26?,27+,29+,30+,37-,38+/m1/s1.